The number of rotatable bonds is 2. The maximum absolute atomic E-state index is 12.4. The van der Waals surface area contributed by atoms with E-state index >= 15 is 0 Å². The van der Waals surface area contributed by atoms with Crippen LogP contribution in [0.5, 0.6) is 0 Å². The minimum atomic E-state index is -0.773. The zero-order valence-corrected chi connectivity index (χ0v) is 12.1. The fraction of sp³-hybridized carbons (Fsp3) is 0.462. The molecule has 19 heavy (non-hydrogen) atoms. The summed E-state index contributed by atoms with van der Waals surface area (Å²) in [4.78, 5) is 29.1. The number of carboxylic acid groups (broad SMARTS) is 1. The van der Waals surface area contributed by atoms with Crippen LogP contribution in [0.25, 0.3) is 0 Å². The van der Waals surface area contributed by atoms with Crippen molar-refractivity contribution in [2.24, 2.45) is 5.92 Å². The first-order valence-electron chi connectivity index (χ1n) is 6.14. The lowest BCUT2D eigenvalue weighted by Gasteiger charge is -2.36. The van der Waals surface area contributed by atoms with Gasteiger partial charge in [-0.15, -0.1) is 0 Å². The van der Waals surface area contributed by atoms with Crippen molar-refractivity contribution in [3.63, 3.8) is 0 Å². The van der Waals surface area contributed by atoms with Crippen LogP contribution < -0.4 is 0 Å². The van der Waals surface area contributed by atoms with Crippen LogP contribution in [0, 0.1) is 5.92 Å². The average Bonchev–Trinajstić information content (AvgIpc) is 2.37. The van der Waals surface area contributed by atoms with E-state index in [2.05, 4.69) is 20.9 Å². The highest BCUT2D eigenvalue weighted by Crippen LogP contribution is 2.24. The topological polar surface area (TPSA) is 70.5 Å². The molecule has 0 aromatic carbocycles. The molecular formula is C13H15BrN2O3. The smallest absolute Gasteiger partial charge is 0.306 e. The molecule has 0 aliphatic carbocycles. The van der Waals surface area contributed by atoms with Gasteiger partial charge in [-0.1, -0.05) is 0 Å². The number of carbonyl (C=O) groups excluding carboxylic acids is 1. The Hall–Kier alpha value is -1.43. The van der Waals surface area contributed by atoms with Crippen molar-refractivity contribution in [2.45, 2.75) is 25.8 Å². The Labute approximate surface area is 119 Å². The number of pyridine rings is 1. The van der Waals surface area contributed by atoms with Gasteiger partial charge in [0.15, 0.2) is 0 Å². The van der Waals surface area contributed by atoms with Gasteiger partial charge in [0.1, 0.15) is 4.60 Å². The molecule has 5 nitrogen and oxygen atoms in total. The normalized spacial score (nSPS) is 23.2. The molecule has 0 saturated carbocycles. The SMILES string of the molecule is CC1CC(C(=O)O)CCN1C(=O)c1ccnc(Br)c1. The number of hydrogen-bond donors (Lipinski definition) is 1. The predicted octanol–water partition coefficient (Wildman–Crippen LogP) is 2.17. The van der Waals surface area contributed by atoms with Gasteiger partial charge in [0.05, 0.1) is 5.92 Å². The Morgan fingerprint density at radius 1 is 1.53 bits per heavy atom. The number of aliphatic carboxylic acids is 1. The number of aromatic nitrogens is 1. The summed E-state index contributed by atoms with van der Waals surface area (Å²) in [5.74, 6) is -1.19. The van der Waals surface area contributed by atoms with Crippen LogP contribution >= 0.6 is 15.9 Å². The molecule has 0 spiro atoms. The van der Waals surface area contributed by atoms with Crippen molar-refractivity contribution in [3.8, 4) is 0 Å². The second-order valence-electron chi connectivity index (χ2n) is 4.77. The molecule has 1 aromatic heterocycles. The van der Waals surface area contributed by atoms with Crippen LogP contribution in [0.15, 0.2) is 22.9 Å². The van der Waals surface area contributed by atoms with Crippen molar-refractivity contribution in [2.75, 3.05) is 6.54 Å². The molecule has 2 heterocycles. The lowest BCUT2D eigenvalue weighted by Crippen LogP contribution is -2.46. The molecule has 0 radical (unpaired) electrons. The van der Waals surface area contributed by atoms with E-state index in [0.29, 0.717) is 29.6 Å². The molecule has 6 heteroatoms. The number of carboxylic acids is 1. The lowest BCUT2D eigenvalue weighted by atomic mass is 9.91. The molecule has 1 N–H and O–H groups in total. The maximum atomic E-state index is 12.4. The van der Waals surface area contributed by atoms with Crippen LogP contribution in [-0.4, -0.2) is 39.5 Å². The van der Waals surface area contributed by atoms with Gasteiger partial charge in [0.2, 0.25) is 0 Å². The Morgan fingerprint density at radius 2 is 2.26 bits per heavy atom. The van der Waals surface area contributed by atoms with Gasteiger partial charge >= 0.3 is 5.97 Å². The molecule has 2 unspecified atom stereocenters. The van der Waals surface area contributed by atoms with Crippen molar-refractivity contribution in [3.05, 3.63) is 28.5 Å². The van der Waals surface area contributed by atoms with E-state index < -0.39 is 5.97 Å². The van der Waals surface area contributed by atoms with Gasteiger partial charge in [-0.3, -0.25) is 9.59 Å². The first kappa shape index (κ1) is 14.0. The molecule has 1 aromatic rings. The van der Waals surface area contributed by atoms with Gasteiger partial charge in [0.25, 0.3) is 5.91 Å². The molecule has 0 bridgehead atoms. The van der Waals surface area contributed by atoms with Gasteiger partial charge in [-0.25, -0.2) is 4.98 Å². The Morgan fingerprint density at radius 3 is 2.84 bits per heavy atom. The van der Waals surface area contributed by atoms with Crippen molar-refractivity contribution in [1.29, 1.82) is 0 Å². The molecular weight excluding hydrogens is 312 g/mol. The van der Waals surface area contributed by atoms with Gasteiger partial charge in [-0.05, 0) is 47.8 Å². The number of likely N-dealkylation sites (tertiary alicyclic amines) is 1. The molecule has 102 valence electrons. The van der Waals surface area contributed by atoms with Crippen LogP contribution in [-0.2, 0) is 4.79 Å². The average molecular weight is 327 g/mol. The van der Waals surface area contributed by atoms with E-state index in [9.17, 15) is 9.59 Å². The van der Waals surface area contributed by atoms with Gasteiger partial charge < -0.3 is 10.0 Å². The summed E-state index contributed by atoms with van der Waals surface area (Å²) in [5.41, 5.74) is 0.572. The Bertz CT molecular complexity index is 506. The Kier molecular flexibility index (Phi) is 4.19. The second-order valence-corrected chi connectivity index (χ2v) is 5.59. The molecule has 1 aliphatic rings. The fourth-order valence-corrected chi connectivity index (χ4v) is 2.76. The fourth-order valence-electron chi connectivity index (χ4n) is 2.40. The summed E-state index contributed by atoms with van der Waals surface area (Å²) in [5, 5.41) is 9.02. The first-order chi connectivity index (χ1) is 8.99. The zero-order chi connectivity index (χ0) is 14.0. The van der Waals surface area contributed by atoms with Crippen molar-refractivity contribution in [1.82, 2.24) is 9.88 Å². The van der Waals surface area contributed by atoms with Crippen molar-refractivity contribution < 1.29 is 14.7 Å². The summed E-state index contributed by atoms with van der Waals surface area (Å²) >= 11 is 3.24. The quantitative estimate of drug-likeness (QED) is 0.845. The number of carbonyl (C=O) groups is 2. The largest absolute Gasteiger partial charge is 0.481 e. The van der Waals surface area contributed by atoms with E-state index in [-0.39, 0.29) is 17.9 Å². The third kappa shape index (κ3) is 3.12. The molecule has 1 amide bonds. The van der Waals surface area contributed by atoms with E-state index in [1.165, 1.54) is 0 Å². The first-order valence-corrected chi connectivity index (χ1v) is 6.93. The number of amides is 1. The third-order valence-electron chi connectivity index (χ3n) is 3.46. The lowest BCUT2D eigenvalue weighted by molar-refractivity contribution is -0.143. The van der Waals surface area contributed by atoms with Crippen LogP contribution in [0.2, 0.25) is 0 Å². The number of halogens is 1. The van der Waals surface area contributed by atoms with E-state index in [4.69, 9.17) is 5.11 Å². The van der Waals surface area contributed by atoms with Crippen LogP contribution in [0.4, 0.5) is 0 Å². The second kappa shape index (κ2) is 5.69. The van der Waals surface area contributed by atoms with E-state index in [1.54, 1.807) is 23.2 Å². The standard InChI is InChI=1S/C13H15BrN2O3/c1-8-6-10(13(18)19)3-5-16(8)12(17)9-2-4-15-11(14)7-9/h2,4,7-8,10H,3,5-6H2,1H3,(H,18,19). The minimum Gasteiger partial charge on any atom is -0.481 e. The monoisotopic (exact) mass is 326 g/mol. The summed E-state index contributed by atoms with van der Waals surface area (Å²) in [6.45, 7) is 2.38. The highest BCUT2D eigenvalue weighted by atomic mass is 79.9. The predicted molar refractivity (Wildman–Crippen MR) is 72.8 cm³/mol. The highest BCUT2D eigenvalue weighted by molar-refractivity contribution is 9.10. The van der Waals surface area contributed by atoms with Gasteiger partial charge in [-0.2, -0.15) is 0 Å². The number of piperidine rings is 1. The molecule has 1 aliphatic heterocycles. The Balaban J connectivity index is 2.11. The molecule has 1 fully saturated rings. The van der Waals surface area contributed by atoms with Crippen molar-refractivity contribution >= 4 is 27.8 Å². The summed E-state index contributed by atoms with van der Waals surface area (Å²) in [7, 11) is 0. The molecule has 2 rings (SSSR count). The zero-order valence-electron chi connectivity index (χ0n) is 10.5. The van der Waals surface area contributed by atoms with Crippen LogP contribution in [0.1, 0.15) is 30.1 Å². The van der Waals surface area contributed by atoms with Gasteiger partial charge in [0, 0.05) is 24.3 Å². The maximum Gasteiger partial charge on any atom is 0.306 e. The minimum absolute atomic E-state index is 0.0608. The van der Waals surface area contributed by atoms with E-state index in [0.717, 1.165) is 0 Å². The molecule has 2 atom stereocenters. The molecule has 1 saturated heterocycles. The third-order valence-corrected chi connectivity index (χ3v) is 3.89. The summed E-state index contributed by atoms with van der Waals surface area (Å²) < 4.78 is 0.617. The number of nitrogens with zero attached hydrogens (tertiary/aromatic N) is 2. The van der Waals surface area contributed by atoms with Crippen LogP contribution in [0.3, 0.4) is 0 Å². The number of hydrogen-bond acceptors (Lipinski definition) is 3. The summed E-state index contributed by atoms with van der Waals surface area (Å²) in [6, 6.07) is 3.29. The van der Waals surface area contributed by atoms with E-state index in [1.807, 2.05) is 6.92 Å². The highest BCUT2D eigenvalue weighted by Gasteiger charge is 2.32. The summed E-state index contributed by atoms with van der Waals surface area (Å²) in [6.07, 6.45) is 2.59.